The molecule has 0 rings (SSSR count). The van der Waals surface area contributed by atoms with Crippen molar-refractivity contribution < 1.29 is 14.7 Å². The molecule has 0 aromatic carbocycles. The number of likely N-dealkylation sites (N-methyl/N-ethyl adjacent to an activating group) is 1. The zero-order valence-corrected chi connectivity index (χ0v) is 13.6. The average Bonchev–Trinajstić information content (AvgIpc) is 2.41. The van der Waals surface area contributed by atoms with Crippen LogP contribution in [0, 0.1) is 0 Å². The Morgan fingerprint density at radius 1 is 1.19 bits per heavy atom. The molecule has 0 saturated heterocycles. The molecule has 122 valence electrons. The van der Waals surface area contributed by atoms with Gasteiger partial charge in [-0.3, -0.25) is 14.5 Å². The lowest BCUT2D eigenvalue weighted by atomic mass is 10.1. The number of carbonyl (C=O) groups is 2. The maximum absolute atomic E-state index is 11.5. The van der Waals surface area contributed by atoms with Gasteiger partial charge in [-0.2, -0.15) is 0 Å². The molecule has 0 aromatic rings. The minimum Gasteiger partial charge on any atom is -0.480 e. The summed E-state index contributed by atoms with van der Waals surface area (Å²) in [5, 5.41) is 11.9. The van der Waals surface area contributed by atoms with Gasteiger partial charge in [0.2, 0.25) is 5.91 Å². The van der Waals surface area contributed by atoms with Crippen molar-refractivity contribution in [1.29, 1.82) is 0 Å². The predicted octanol–water partition coefficient (Wildman–Crippen LogP) is 2.42. The van der Waals surface area contributed by atoms with Crippen LogP contribution < -0.4 is 5.32 Å². The van der Waals surface area contributed by atoms with Crippen molar-refractivity contribution in [3.05, 3.63) is 12.2 Å². The zero-order chi connectivity index (χ0) is 16.1. The van der Waals surface area contributed by atoms with Gasteiger partial charge in [0.15, 0.2) is 0 Å². The smallest absolute Gasteiger partial charge is 0.320 e. The molecule has 21 heavy (non-hydrogen) atoms. The number of aliphatic carboxylic acids is 1. The molecule has 0 spiro atoms. The Morgan fingerprint density at radius 3 is 2.48 bits per heavy atom. The number of allylic oxidation sites excluding steroid dienone is 1. The number of nitrogens with zero attached hydrogens (tertiary/aromatic N) is 1. The molecule has 0 fully saturated rings. The molecule has 5 nitrogen and oxygen atoms in total. The number of nitrogens with one attached hydrogen (secondary N) is 1. The molecular weight excluding hydrogens is 268 g/mol. The van der Waals surface area contributed by atoms with Gasteiger partial charge in [0, 0.05) is 13.0 Å². The van der Waals surface area contributed by atoms with Gasteiger partial charge in [0.25, 0.3) is 0 Å². The Hall–Kier alpha value is -1.36. The molecule has 0 heterocycles. The number of carboxylic acid groups (broad SMARTS) is 1. The molecule has 1 amide bonds. The van der Waals surface area contributed by atoms with E-state index in [1.807, 2.05) is 6.08 Å². The highest BCUT2D eigenvalue weighted by Crippen LogP contribution is 2.05. The lowest BCUT2D eigenvalue weighted by Gasteiger charge is -2.19. The molecule has 0 aromatic heterocycles. The van der Waals surface area contributed by atoms with E-state index in [1.54, 1.807) is 19.0 Å². The molecule has 0 radical (unpaired) electrons. The largest absolute Gasteiger partial charge is 0.480 e. The molecule has 0 unspecified atom stereocenters. The van der Waals surface area contributed by atoms with Gasteiger partial charge in [0.05, 0.1) is 0 Å². The number of hydrogen-bond donors (Lipinski definition) is 2. The van der Waals surface area contributed by atoms with E-state index < -0.39 is 12.0 Å². The van der Waals surface area contributed by atoms with Crippen LogP contribution in [-0.4, -0.2) is 48.6 Å². The summed E-state index contributed by atoms with van der Waals surface area (Å²) in [6.07, 6.45) is 9.97. The van der Waals surface area contributed by atoms with Gasteiger partial charge in [0.1, 0.15) is 6.04 Å². The van der Waals surface area contributed by atoms with Gasteiger partial charge in [-0.05, 0) is 39.8 Å². The predicted molar refractivity (Wildman–Crippen MR) is 85.3 cm³/mol. The third kappa shape index (κ3) is 11.0. The first-order chi connectivity index (χ1) is 9.99. The van der Waals surface area contributed by atoms with Crippen molar-refractivity contribution in [3.8, 4) is 0 Å². The topological polar surface area (TPSA) is 69.6 Å². The summed E-state index contributed by atoms with van der Waals surface area (Å²) in [6, 6.07) is -0.442. The quantitative estimate of drug-likeness (QED) is 0.429. The molecule has 0 aliphatic rings. The van der Waals surface area contributed by atoms with Gasteiger partial charge >= 0.3 is 5.97 Å². The van der Waals surface area contributed by atoms with Gasteiger partial charge in [-0.15, -0.1) is 0 Å². The Bertz CT molecular complexity index is 327. The van der Waals surface area contributed by atoms with Crippen LogP contribution in [-0.2, 0) is 9.59 Å². The summed E-state index contributed by atoms with van der Waals surface area (Å²) in [6.45, 7) is 2.76. The first-order valence-electron chi connectivity index (χ1n) is 7.80. The molecular formula is C16H30N2O3. The maximum atomic E-state index is 11.5. The molecule has 5 heteroatoms. The van der Waals surface area contributed by atoms with Crippen LogP contribution in [0.15, 0.2) is 12.2 Å². The van der Waals surface area contributed by atoms with Gasteiger partial charge in [-0.1, -0.05) is 31.9 Å². The Kier molecular flexibility index (Phi) is 11.6. The molecule has 0 aliphatic heterocycles. The van der Waals surface area contributed by atoms with E-state index in [9.17, 15) is 9.59 Å². The second kappa shape index (κ2) is 12.4. The summed E-state index contributed by atoms with van der Waals surface area (Å²) in [7, 11) is 3.54. The van der Waals surface area contributed by atoms with E-state index in [2.05, 4.69) is 18.3 Å². The van der Waals surface area contributed by atoms with Crippen LogP contribution in [0.4, 0.5) is 0 Å². The van der Waals surface area contributed by atoms with Crippen LogP contribution in [0.2, 0.25) is 0 Å². The average molecular weight is 298 g/mol. The van der Waals surface area contributed by atoms with Crippen LogP contribution in [0.5, 0.6) is 0 Å². The fourth-order valence-corrected chi connectivity index (χ4v) is 2.00. The third-order valence-electron chi connectivity index (χ3n) is 3.33. The molecule has 0 bridgehead atoms. The molecule has 0 aliphatic carbocycles. The Morgan fingerprint density at radius 2 is 1.90 bits per heavy atom. The number of amides is 1. The van der Waals surface area contributed by atoms with E-state index in [0.717, 1.165) is 25.7 Å². The van der Waals surface area contributed by atoms with Gasteiger partial charge < -0.3 is 10.4 Å². The van der Waals surface area contributed by atoms with Crippen molar-refractivity contribution in [2.75, 3.05) is 20.6 Å². The minimum absolute atomic E-state index is 0.0325. The first kappa shape index (κ1) is 19.6. The Balaban J connectivity index is 3.64. The number of carbonyl (C=O) groups excluding carboxylic acids is 1. The molecule has 2 N–H and O–H groups in total. The van der Waals surface area contributed by atoms with Crippen LogP contribution >= 0.6 is 0 Å². The minimum atomic E-state index is -0.791. The molecule has 0 saturated carbocycles. The highest BCUT2D eigenvalue weighted by Gasteiger charge is 2.18. The number of carboxylic acids is 1. The van der Waals surface area contributed by atoms with Crippen molar-refractivity contribution >= 4 is 11.9 Å². The zero-order valence-electron chi connectivity index (χ0n) is 13.6. The van der Waals surface area contributed by atoms with E-state index in [1.165, 1.54) is 6.42 Å². The summed E-state index contributed by atoms with van der Waals surface area (Å²) < 4.78 is 0. The van der Waals surface area contributed by atoms with Crippen LogP contribution in [0.3, 0.4) is 0 Å². The van der Waals surface area contributed by atoms with E-state index in [4.69, 9.17) is 5.11 Å². The SMILES string of the molecule is CCCC/C=C/CC(=O)NCCCC[C@@H](C(=O)O)N(C)C. The number of hydrogen-bond acceptors (Lipinski definition) is 3. The van der Waals surface area contributed by atoms with Crippen molar-refractivity contribution in [3.63, 3.8) is 0 Å². The number of rotatable bonds is 12. The van der Waals surface area contributed by atoms with E-state index >= 15 is 0 Å². The Labute approximate surface area is 128 Å². The second-order valence-corrected chi connectivity index (χ2v) is 5.48. The monoisotopic (exact) mass is 298 g/mol. The van der Waals surface area contributed by atoms with Crippen molar-refractivity contribution in [1.82, 2.24) is 10.2 Å². The maximum Gasteiger partial charge on any atom is 0.320 e. The summed E-state index contributed by atoms with van der Waals surface area (Å²) in [5.74, 6) is -0.758. The van der Waals surface area contributed by atoms with Crippen molar-refractivity contribution in [2.24, 2.45) is 0 Å². The third-order valence-corrected chi connectivity index (χ3v) is 3.33. The summed E-state index contributed by atoms with van der Waals surface area (Å²) in [5.41, 5.74) is 0. The van der Waals surface area contributed by atoms with E-state index in [0.29, 0.717) is 19.4 Å². The van der Waals surface area contributed by atoms with Crippen LogP contribution in [0.1, 0.15) is 51.9 Å². The normalized spacial score (nSPS) is 12.8. The first-order valence-corrected chi connectivity index (χ1v) is 7.80. The fourth-order valence-electron chi connectivity index (χ4n) is 2.00. The van der Waals surface area contributed by atoms with Gasteiger partial charge in [-0.25, -0.2) is 0 Å². The van der Waals surface area contributed by atoms with Crippen molar-refractivity contribution in [2.45, 2.75) is 57.9 Å². The fraction of sp³-hybridized carbons (Fsp3) is 0.750. The highest BCUT2D eigenvalue weighted by atomic mass is 16.4. The van der Waals surface area contributed by atoms with Crippen LogP contribution in [0.25, 0.3) is 0 Å². The highest BCUT2D eigenvalue weighted by molar-refractivity contribution is 5.77. The number of unbranched alkanes of at least 4 members (excludes halogenated alkanes) is 3. The molecule has 1 atom stereocenters. The standard InChI is InChI=1S/C16H30N2O3/c1-4-5-6-7-8-12-15(19)17-13-10-9-11-14(16(20)21)18(2)3/h7-8,14H,4-6,9-13H2,1-3H3,(H,17,19)(H,20,21)/b8-7+/t14-/m0/s1. The lowest BCUT2D eigenvalue weighted by molar-refractivity contribution is -0.142. The summed E-state index contributed by atoms with van der Waals surface area (Å²) >= 11 is 0. The lowest BCUT2D eigenvalue weighted by Crippen LogP contribution is -2.35. The summed E-state index contributed by atoms with van der Waals surface area (Å²) in [4.78, 5) is 24.2. The van der Waals surface area contributed by atoms with E-state index in [-0.39, 0.29) is 5.91 Å². The second-order valence-electron chi connectivity index (χ2n) is 5.48.